The fourth-order valence-electron chi connectivity index (χ4n) is 1.31. The molecule has 0 atom stereocenters. The zero-order valence-electron chi connectivity index (χ0n) is 8.36. The Bertz CT molecular complexity index is 385. The minimum atomic E-state index is -7.05. The second kappa shape index (κ2) is 3.78. The summed E-state index contributed by atoms with van der Waals surface area (Å²) in [5, 5.41) is -6.25. The van der Waals surface area contributed by atoms with Gasteiger partial charge in [0.1, 0.15) is 0 Å². The van der Waals surface area contributed by atoms with Crippen LogP contribution in [-0.4, -0.2) is 40.3 Å². The van der Waals surface area contributed by atoms with Crippen LogP contribution in [0.2, 0.25) is 0 Å². The molecule has 0 aromatic rings. The Morgan fingerprint density at radius 2 is 0.900 bits per heavy atom. The number of alkyl halides is 13. The van der Waals surface area contributed by atoms with Crippen LogP contribution >= 0.6 is 11.6 Å². The van der Waals surface area contributed by atoms with E-state index < -0.39 is 40.3 Å². The van der Waals surface area contributed by atoms with E-state index >= 15 is 0 Å². The predicted octanol–water partition coefficient (Wildman–Crippen LogP) is 4.18. The number of likely N-dealkylation sites (tertiary alicyclic amines) is 1. The Morgan fingerprint density at radius 1 is 0.650 bits per heavy atom. The largest absolute Gasteiger partial charge is 0.399 e. The van der Waals surface area contributed by atoms with E-state index in [-0.39, 0.29) is 0 Å². The van der Waals surface area contributed by atoms with Gasteiger partial charge in [-0.15, -0.1) is 4.90 Å². The van der Waals surface area contributed by atoms with Crippen LogP contribution in [-0.2, 0) is 0 Å². The van der Waals surface area contributed by atoms with Crippen molar-refractivity contribution in [2.45, 2.75) is 35.4 Å². The molecule has 0 amide bonds. The monoisotopic (exact) mass is 349 g/mol. The van der Waals surface area contributed by atoms with Crippen molar-refractivity contribution in [2.75, 3.05) is 0 Å². The van der Waals surface area contributed by atoms with E-state index in [9.17, 15) is 52.7 Å². The summed E-state index contributed by atoms with van der Waals surface area (Å²) < 4.78 is 151. The first-order chi connectivity index (χ1) is 8.37. The van der Waals surface area contributed by atoms with Gasteiger partial charge >= 0.3 is 35.4 Å². The number of rotatable bonds is 2. The standard InChI is InChI=1S/C6ClF12N/c7-3(12,13)6(18,19)20-4(14,15)1(8,9)2(10,11)5(20,16)17. The van der Waals surface area contributed by atoms with Crippen LogP contribution in [0.15, 0.2) is 0 Å². The Morgan fingerprint density at radius 3 is 1.10 bits per heavy atom. The molecule has 0 aromatic heterocycles. The van der Waals surface area contributed by atoms with Gasteiger partial charge in [0.2, 0.25) is 0 Å². The molecule has 120 valence electrons. The zero-order chi connectivity index (χ0) is 16.6. The molecular weight excluding hydrogens is 350 g/mol. The van der Waals surface area contributed by atoms with Crippen molar-refractivity contribution in [2.24, 2.45) is 0 Å². The average Bonchev–Trinajstić information content (AvgIpc) is 2.18. The number of nitrogens with zero attached hydrogens (tertiary/aromatic N) is 1. The summed E-state index contributed by atoms with van der Waals surface area (Å²) in [5.74, 6) is -14.1. The molecule has 1 rings (SSSR count). The maximum absolute atomic E-state index is 12.7. The van der Waals surface area contributed by atoms with Crippen molar-refractivity contribution >= 4 is 11.6 Å². The molecule has 0 N–H and O–H groups in total. The third kappa shape index (κ3) is 1.64. The van der Waals surface area contributed by atoms with E-state index in [2.05, 4.69) is 11.6 Å². The molecule has 0 bridgehead atoms. The summed E-state index contributed by atoms with van der Waals surface area (Å²) >= 11 is 3.56. The highest BCUT2D eigenvalue weighted by molar-refractivity contribution is 6.22. The Labute approximate surface area is 106 Å². The van der Waals surface area contributed by atoms with Crippen molar-refractivity contribution in [3.63, 3.8) is 0 Å². The fourth-order valence-corrected chi connectivity index (χ4v) is 1.40. The Balaban J connectivity index is 3.64. The maximum atomic E-state index is 12.7. The molecule has 0 spiro atoms. The highest BCUT2D eigenvalue weighted by Crippen LogP contribution is 2.66. The van der Waals surface area contributed by atoms with Gasteiger partial charge in [-0.1, -0.05) is 0 Å². The summed E-state index contributed by atoms with van der Waals surface area (Å²) in [6.07, 6.45) is 0. The Hall–Kier alpha value is -0.590. The van der Waals surface area contributed by atoms with Crippen LogP contribution in [0.5, 0.6) is 0 Å². The van der Waals surface area contributed by atoms with E-state index in [1.54, 1.807) is 0 Å². The van der Waals surface area contributed by atoms with Crippen LogP contribution in [0.25, 0.3) is 0 Å². The van der Waals surface area contributed by atoms with Crippen molar-refractivity contribution in [1.29, 1.82) is 0 Å². The summed E-state index contributed by atoms with van der Waals surface area (Å²) in [4.78, 5) is -3.57. The summed E-state index contributed by atoms with van der Waals surface area (Å²) in [5.41, 5.74) is 0. The average molecular weight is 350 g/mol. The second-order valence-corrected chi connectivity index (χ2v) is 4.08. The molecule has 14 heteroatoms. The van der Waals surface area contributed by atoms with Crippen molar-refractivity contribution < 1.29 is 52.7 Å². The van der Waals surface area contributed by atoms with E-state index in [1.807, 2.05) is 0 Å². The smallest absolute Gasteiger partial charge is 0.191 e. The molecular formula is C6ClF12N. The van der Waals surface area contributed by atoms with Gasteiger partial charge in [-0.05, 0) is 11.6 Å². The molecule has 1 aliphatic heterocycles. The van der Waals surface area contributed by atoms with Gasteiger partial charge in [0.05, 0.1) is 0 Å². The summed E-state index contributed by atoms with van der Waals surface area (Å²) in [6.45, 7) is 0. The van der Waals surface area contributed by atoms with Gasteiger partial charge in [-0.2, -0.15) is 52.7 Å². The lowest BCUT2D eigenvalue weighted by molar-refractivity contribution is -0.394. The van der Waals surface area contributed by atoms with Gasteiger partial charge in [-0.3, -0.25) is 0 Å². The third-order valence-electron chi connectivity index (χ3n) is 2.33. The van der Waals surface area contributed by atoms with Gasteiger partial charge in [0.15, 0.2) is 0 Å². The number of hydrogen-bond acceptors (Lipinski definition) is 1. The number of hydrogen-bond donors (Lipinski definition) is 0. The van der Waals surface area contributed by atoms with E-state index in [4.69, 9.17) is 0 Å². The van der Waals surface area contributed by atoms with Crippen molar-refractivity contribution in [3.8, 4) is 0 Å². The minimum absolute atomic E-state index is 3.56. The normalized spacial score (nSPS) is 28.6. The molecule has 0 unspecified atom stereocenters. The van der Waals surface area contributed by atoms with E-state index in [1.165, 1.54) is 0 Å². The highest BCUT2D eigenvalue weighted by Gasteiger charge is 2.97. The second-order valence-electron chi connectivity index (χ2n) is 3.61. The van der Waals surface area contributed by atoms with Crippen LogP contribution in [0.1, 0.15) is 0 Å². The fraction of sp³-hybridized carbons (Fsp3) is 1.00. The Kier molecular flexibility index (Phi) is 3.30. The number of halogens is 13. The van der Waals surface area contributed by atoms with E-state index in [0.717, 1.165) is 0 Å². The predicted molar refractivity (Wildman–Crippen MR) is 37.4 cm³/mol. The van der Waals surface area contributed by atoms with Crippen LogP contribution in [0.4, 0.5) is 52.7 Å². The molecule has 0 aromatic carbocycles. The molecule has 0 saturated carbocycles. The molecule has 1 aliphatic rings. The van der Waals surface area contributed by atoms with Crippen LogP contribution < -0.4 is 0 Å². The molecule has 1 fully saturated rings. The molecule has 1 saturated heterocycles. The van der Waals surface area contributed by atoms with Crippen LogP contribution in [0, 0.1) is 0 Å². The van der Waals surface area contributed by atoms with Crippen LogP contribution in [0.3, 0.4) is 0 Å². The first-order valence-electron chi connectivity index (χ1n) is 4.13. The highest BCUT2D eigenvalue weighted by atomic mass is 35.5. The van der Waals surface area contributed by atoms with Crippen molar-refractivity contribution in [3.05, 3.63) is 0 Å². The quantitative estimate of drug-likeness (QED) is 0.411. The molecule has 1 heterocycles. The first kappa shape index (κ1) is 17.5. The van der Waals surface area contributed by atoms with Gasteiger partial charge < -0.3 is 0 Å². The summed E-state index contributed by atoms with van der Waals surface area (Å²) in [6, 6.07) is -20.9. The minimum Gasteiger partial charge on any atom is -0.191 e. The van der Waals surface area contributed by atoms with Gasteiger partial charge in [0, 0.05) is 0 Å². The topological polar surface area (TPSA) is 3.24 Å². The van der Waals surface area contributed by atoms with E-state index in [0.29, 0.717) is 0 Å². The molecule has 0 radical (unpaired) electrons. The molecule has 0 aliphatic carbocycles. The van der Waals surface area contributed by atoms with Crippen molar-refractivity contribution in [1.82, 2.24) is 4.90 Å². The lowest BCUT2D eigenvalue weighted by Crippen LogP contribution is -2.64. The molecule has 20 heavy (non-hydrogen) atoms. The summed E-state index contributed by atoms with van der Waals surface area (Å²) in [7, 11) is 0. The molecule has 1 nitrogen and oxygen atoms in total. The first-order valence-corrected chi connectivity index (χ1v) is 4.51. The van der Waals surface area contributed by atoms with Gasteiger partial charge in [-0.25, -0.2) is 0 Å². The lowest BCUT2D eigenvalue weighted by Gasteiger charge is -2.36. The lowest BCUT2D eigenvalue weighted by atomic mass is 10.2. The zero-order valence-corrected chi connectivity index (χ0v) is 9.12. The van der Waals surface area contributed by atoms with Gasteiger partial charge in [0.25, 0.3) is 0 Å². The third-order valence-corrected chi connectivity index (χ3v) is 2.56. The SMILES string of the molecule is FC(F)(Cl)C(F)(F)N1C(F)(F)C(F)(F)C(F)(F)C1(F)F. The maximum Gasteiger partial charge on any atom is 0.399 e.